The van der Waals surface area contributed by atoms with Crippen molar-refractivity contribution in [1.29, 1.82) is 0 Å². The van der Waals surface area contributed by atoms with E-state index in [1.165, 1.54) is 19.1 Å². The molecular formula is C26H25Cl2F4N5O4. The first-order chi connectivity index (χ1) is 19.2. The topological polar surface area (TPSA) is 106 Å². The van der Waals surface area contributed by atoms with E-state index in [0.717, 1.165) is 6.07 Å². The van der Waals surface area contributed by atoms with E-state index in [4.69, 9.17) is 23.2 Å². The second-order valence-corrected chi connectivity index (χ2v) is 10.6. The summed E-state index contributed by atoms with van der Waals surface area (Å²) in [6.45, 7) is 1.28. The van der Waals surface area contributed by atoms with Crippen LogP contribution in [-0.4, -0.2) is 57.2 Å². The monoisotopic (exact) mass is 617 g/mol. The van der Waals surface area contributed by atoms with Crippen molar-refractivity contribution in [3.05, 3.63) is 63.6 Å². The van der Waals surface area contributed by atoms with Crippen molar-refractivity contribution < 1.29 is 36.8 Å². The van der Waals surface area contributed by atoms with Crippen molar-refractivity contribution >= 4 is 52.0 Å². The van der Waals surface area contributed by atoms with Gasteiger partial charge in [-0.2, -0.15) is 13.2 Å². The zero-order valence-corrected chi connectivity index (χ0v) is 23.3. The first-order valence-corrected chi connectivity index (χ1v) is 13.2. The van der Waals surface area contributed by atoms with Gasteiger partial charge in [-0.05, 0) is 55.0 Å². The van der Waals surface area contributed by atoms with Crippen LogP contribution in [0, 0.1) is 11.7 Å². The lowest BCUT2D eigenvalue weighted by molar-refractivity contribution is -0.240. The second kappa shape index (κ2) is 12.2. The van der Waals surface area contributed by atoms with E-state index in [1.807, 2.05) is 0 Å². The number of benzene rings is 1. The number of carbonyl (C=O) groups is 3. The quantitative estimate of drug-likeness (QED) is 0.369. The highest BCUT2D eigenvalue weighted by atomic mass is 35.5. The first kappa shape index (κ1) is 30.5. The van der Waals surface area contributed by atoms with Gasteiger partial charge < -0.3 is 20.0 Å². The van der Waals surface area contributed by atoms with Crippen LogP contribution in [0.5, 0.6) is 0 Å². The molecule has 0 saturated carbocycles. The van der Waals surface area contributed by atoms with Crippen molar-refractivity contribution in [3.8, 4) is 0 Å². The van der Waals surface area contributed by atoms with Crippen LogP contribution in [0.4, 0.5) is 17.6 Å². The fraction of sp³-hybridized carbons (Fsp3) is 0.385. The maximum absolute atomic E-state index is 13.5. The summed E-state index contributed by atoms with van der Waals surface area (Å²) in [5.74, 6) is -4.92. The summed E-state index contributed by atoms with van der Waals surface area (Å²) in [6.07, 6.45) is -1.77. The Labute approximate surface area is 241 Å². The van der Waals surface area contributed by atoms with Gasteiger partial charge in [-0.25, -0.2) is 14.2 Å². The van der Waals surface area contributed by atoms with Crippen LogP contribution in [0.25, 0.3) is 11.0 Å². The molecule has 0 unspecified atom stereocenters. The first-order valence-electron chi connectivity index (χ1n) is 12.4. The summed E-state index contributed by atoms with van der Waals surface area (Å²) in [5.41, 5.74) is 1.91. The third-order valence-corrected chi connectivity index (χ3v) is 7.22. The molecule has 0 aliphatic carbocycles. The van der Waals surface area contributed by atoms with Crippen LogP contribution in [-0.2, 0) is 39.2 Å². The lowest BCUT2D eigenvalue weighted by Gasteiger charge is -2.24. The van der Waals surface area contributed by atoms with E-state index < -0.39 is 47.8 Å². The highest BCUT2D eigenvalue weighted by molar-refractivity contribution is 6.35. The normalized spacial score (nSPS) is 18.3. The predicted octanol–water partition coefficient (Wildman–Crippen LogP) is 4.09. The number of hydrogen-bond acceptors (Lipinski definition) is 6. The number of nitrogens with one attached hydrogen (secondary N) is 2. The molecular weight excluding hydrogens is 593 g/mol. The molecule has 220 valence electrons. The zero-order valence-electron chi connectivity index (χ0n) is 21.8. The lowest BCUT2D eigenvalue weighted by atomic mass is 9.96. The fourth-order valence-corrected chi connectivity index (χ4v) is 5.10. The van der Waals surface area contributed by atoms with Gasteiger partial charge in [-0.1, -0.05) is 29.3 Å². The van der Waals surface area contributed by atoms with Gasteiger partial charge in [0.1, 0.15) is 23.5 Å². The van der Waals surface area contributed by atoms with Crippen molar-refractivity contribution in [2.75, 3.05) is 6.54 Å². The molecule has 2 aromatic heterocycles. The summed E-state index contributed by atoms with van der Waals surface area (Å²) in [7, 11) is 1.79. The predicted molar refractivity (Wildman–Crippen MR) is 141 cm³/mol. The number of rotatable bonds is 8. The number of amides is 2. The van der Waals surface area contributed by atoms with Gasteiger partial charge in [0.2, 0.25) is 11.8 Å². The molecule has 0 radical (unpaired) electrons. The number of nitrogens with zero attached hydrogens (tertiary/aromatic N) is 3. The molecule has 1 aliphatic heterocycles. The molecule has 4 rings (SSSR count). The molecule has 2 N–H and O–H groups in total. The van der Waals surface area contributed by atoms with E-state index in [-0.39, 0.29) is 31.0 Å². The highest BCUT2D eigenvalue weighted by Crippen LogP contribution is 2.30. The highest BCUT2D eigenvalue weighted by Gasteiger charge is 2.47. The third-order valence-electron chi connectivity index (χ3n) is 6.63. The number of aryl methyl sites for hydroxylation is 1. The fourth-order valence-electron chi connectivity index (χ4n) is 4.61. The van der Waals surface area contributed by atoms with E-state index in [0.29, 0.717) is 32.2 Å². The molecule has 0 bridgehead atoms. The molecule has 9 nitrogen and oxygen atoms in total. The summed E-state index contributed by atoms with van der Waals surface area (Å²) in [4.78, 5) is 46.1. The van der Waals surface area contributed by atoms with E-state index >= 15 is 0 Å². The maximum Gasteiger partial charge on any atom is 0.492 e. The number of carbonyl (C=O) groups excluding carboxylic acids is 3. The Morgan fingerprint density at radius 1 is 1.17 bits per heavy atom. The Hall–Kier alpha value is -3.42. The number of hydroxylamine groups is 2. The second-order valence-electron chi connectivity index (χ2n) is 9.80. The van der Waals surface area contributed by atoms with Crippen LogP contribution in [0.1, 0.15) is 24.5 Å². The molecule has 15 heteroatoms. The summed E-state index contributed by atoms with van der Waals surface area (Å²) >= 11 is 12.0. The molecule has 1 aromatic carbocycles. The van der Waals surface area contributed by atoms with Gasteiger partial charge in [-0.3, -0.25) is 9.59 Å². The minimum absolute atomic E-state index is 0.00379. The average Bonchev–Trinajstić information content (AvgIpc) is 3.43. The number of alkyl halides is 3. The Morgan fingerprint density at radius 3 is 2.59 bits per heavy atom. The minimum Gasteiger partial charge on any atom is -0.360 e. The summed E-state index contributed by atoms with van der Waals surface area (Å²) in [5, 5.41) is 6.87. The van der Waals surface area contributed by atoms with Gasteiger partial charge in [0.15, 0.2) is 0 Å². The van der Waals surface area contributed by atoms with Gasteiger partial charge >= 0.3 is 12.1 Å². The van der Waals surface area contributed by atoms with Crippen LogP contribution in [0.3, 0.4) is 0 Å². The number of fused-ring (bicyclic) bond motifs is 1. The molecule has 0 spiro atoms. The smallest absolute Gasteiger partial charge is 0.360 e. The van der Waals surface area contributed by atoms with Gasteiger partial charge in [0.25, 0.3) is 0 Å². The van der Waals surface area contributed by atoms with E-state index in [1.54, 1.807) is 30.1 Å². The maximum atomic E-state index is 13.5. The van der Waals surface area contributed by atoms with Crippen LogP contribution >= 0.6 is 23.2 Å². The average molecular weight is 618 g/mol. The van der Waals surface area contributed by atoms with E-state index in [2.05, 4.69) is 20.5 Å². The van der Waals surface area contributed by atoms with Crippen molar-refractivity contribution in [3.63, 3.8) is 0 Å². The molecule has 3 atom stereocenters. The molecule has 1 fully saturated rings. The SMILES string of the molecule is C[C@H](NC(=O)[C@H]1C[C@H](Cc2ccc(F)c(Cl)c2)CN1OC(=O)C(F)(F)F)C(=O)NCc1cnc2c(c1)c(Cl)cn2C. The van der Waals surface area contributed by atoms with Gasteiger partial charge in [0.05, 0.1) is 10.0 Å². The number of aromatic nitrogens is 2. The zero-order chi connectivity index (χ0) is 30.1. The van der Waals surface area contributed by atoms with Gasteiger partial charge in [-0.15, -0.1) is 5.06 Å². The van der Waals surface area contributed by atoms with Crippen molar-refractivity contribution in [2.24, 2.45) is 13.0 Å². The Bertz CT molecular complexity index is 1480. The lowest BCUT2D eigenvalue weighted by Crippen LogP contribution is -2.51. The molecule has 1 saturated heterocycles. The van der Waals surface area contributed by atoms with Crippen LogP contribution < -0.4 is 10.6 Å². The van der Waals surface area contributed by atoms with Gasteiger partial charge in [0, 0.05) is 37.9 Å². The minimum atomic E-state index is -5.28. The number of halogens is 6. The third kappa shape index (κ3) is 7.27. The van der Waals surface area contributed by atoms with Crippen molar-refractivity contribution in [1.82, 2.24) is 25.2 Å². The molecule has 1 aliphatic rings. The molecule has 2 amide bonds. The largest absolute Gasteiger partial charge is 0.492 e. The molecule has 41 heavy (non-hydrogen) atoms. The Balaban J connectivity index is 1.39. The Morgan fingerprint density at radius 2 is 1.90 bits per heavy atom. The number of hydrogen-bond donors (Lipinski definition) is 2. The molecule has 3 heterocycles. The standard InChI is InChI=1S/C26H25Cl2F4N5O4/c1-13(23(38)34-10-16-6-17-19(28)12-36(2)22(17)33-9-16)35-24(39)21-8-15(5-14-3-4-20(29)18(27)7-14)11-37(21)41-25(40)26(30,31)32/h3-4,6-7,9,12-13,15,21H,5,8,10-11H2,1-2H3,(H,34,38)(H,35,39)/t13-,15-,21+/m0/s1. The summed E-state index contributed by atoms with van der Waals surface area (Å²) in [6, 6.07) is 3.39. The number of pyridine rings is 1. The summed E-state index contributed by atoms with van der Waals surface area (Å²) < 4.78 is 53.9. The van der Waals surface area contributed by atoms with E-state index in [9.17, 15) is 31.9 Å². The molecule has 3 aromatic rings. The van der Waals surface area contributed by atoms with Crippen LogP contribution in [0.2, 0.25) is 10.0 Å². The van der Waals surface area contributed by atoms with Crippen molar-refractivity contribution in [2.45, 2.75) is 44.6 Å². The Kier molecular flexibility index (Phi) is 9.10. The van der Waals surface area contributed by atoms with Crippen LogP contribution in [0.15, 0.2) is 36.7 Å².